The van der Waals surface area contributed by atoms with Crippen LogP contribution in [0.15, 0.2) is 97.2 Å². The minimum atomic E-state index is -0.301. The van der Waals surface area contributed by atoms with Crippen molar-refractivity contribution in [2.75, 3.05) is 10.2 Å². The molecule has 2 amide bonds. The molecule has 38 heavy (non-hydrogen) atoms. The highest BCUT2D eigenvalue weighted by atomic mass is 16.2. The number of allylic oxidation sites excluding steroid dienone is 1. The fourth-order valence-electron chi connectivity index (χ4n) is 5.76. The molecule has 0 saturated heterocycles. The van der Waals surface area contributed by atoms with Gasteiger partial charge in [0.05, 0.1) is 27.8 Å². The Labute approximate surface area is 217 Å². The zero-order valence-corrected chi connectivity index (χ0v) is 20.2. The molecule has 2 N–H and O–H groups in total. The number of hydrogen-bond acceptors (Lipinski definition) is 4. The molecule has 6 nitrogen and oxygen atoms in total. The number of nitrogens with zero attached hydrogens (tertiary/aromatic N) is 2. The maximum absolute atomic E-state index is 13.2. The summed E-state index contributed by atoms with van der Waals surface area (Å²) in [6, 6.07) is 29.2. The average Bonchev–Trinajstić information content (AvgIpc) is 3.53. The number of benzene rings is 5. The Hall–Kier alpha value is -5.23. The van der Waals surface area contributed by atoms with Crippen molar-refractivity contribution in [2.24, 2.45) is 0 Å². The van der Waals surface area contributed by atoms with Gasteiger partial charge in [-0.25, -0.2) is 9.88 Å². The van der Waals surface area contributed by atoms with Crippen molar-refractivity contribution in [2.45, 2.75) is 6.42 Å². The quantitative estimate of drug-likeness (QED) is 0.209. The summed E-state index contributed by atoms with van der Waals surface area (Å²) in [6.07, 6.45) is 2.77. The molecular formula is C32H20N4O2. The summed E-state index contributed by atoms with van der Waals surface area (Å²) < 4.78 is 0. The number of para-hydroxylation sites is 1. The third kappa shape index (κ3) is 2.85. The van der Waals surface area contributed by atoms with E-state index in [1.165, 1.54) is 10.5 Å². The number of imidazole rings is 1. The molecule has 6 heteroatoms. The molecule has 180 valence electrons. The second-order valence-corrected chi connectivity index (χ2v) is 9.72. The van der Waals surface area contributed by atoms with Crippen LogP contribution in [0, 0.1) is 0 Å². The molecule has 0 atom stereocenters. The van der Waals surface area contributed by atoms with Gasteiger partial charge >= 0.3 is 0 Å². The highest BCUT2D eigenvalue weighted by molar-refractivity contribution is 6.35. The SMILES string of the molecule is O=C1c2ccccc2C(=O)N1c1ccc2c3ccccc3c3nc(C4=CNc5ccccc5C4)[nH]c3c2c1. The smallest absolute Gasteiger partial charge is 0.266 e. The molecular weight excluding hydrogens is 472 g/mol. The first-order valence-electron chi connectivity index (χ1n) is 12.5. The largest absolute Gasteiger partial charge is 0.361 e. The number of aromatic nitrogens is 2. The highest BCUT2D eigenvalue weighted by Crippen LogP contribution is 2.39. The lowest BCUT2D eigenvalue weighted by atomic mass is 9.99. The summed E-state index contributed by atoms with van der Waals surface area (Å²) in [6.45, 7) is 0. The molecule has 5 aromatic carbocycles. The van der Waals surface area contributed by atoms with E-state index in [0.717, 1.165) is 56.1 Å². The van der Waals surface area contributed by atoms with Gasteiger partial charge in [0.25, 0.3) is 11.8 Å². The number of rotatable bonds is 2. The molecule has 0 fully saturated rings. The Morgan fingerprint density at radius 2 is 1.39 bits per heavy atom. The second-order valence-electron chi connectivity index (χ2n) is 9.72. The fourth-order valence-corrected chi connectivity index (χ4v) is 5.76. The van der Waals surface area contributed by atoms with Crippen molar-refractivity contribution in [1.29, 1.82) is 0 Å². The molecule has 0 bridgehead atoms. The van der Waals surface area contributed by atoms with Gasteiger partial charge in [-0.1, -0.05) is 60.7 Å². The summed E-state index contributed by atoms with van der Waals surface area (Å²) in [7, 11) is 0. The van der Waals surface area contributed by atoms with Gasteiger partial charge in [-0.15, -0.1) is 0 Å². The van der Waals surface area contributed by atoms with Crippen LogP contribution in [-0.4, -0.2) is 21.8 Å². The van der Waals surface area contributed by atoms with Crippen LogP contribution in [0.1, 0.15) is 32.1 Å². The molecule has 1 aromatic heterocycles. The first-order chi connectivity index (χ1) is 18.7. The Morgan fingerprint density at radius 1 is 0.711 bits per heavy atom. The van der Waals surface area contributed by atoms with Gasteiger partial charge < -0.3 is 10.3 Å². The number of aromatic amines is 1. The van der Waals surface area contributed by atoms with Crippen molar-refractivity contribution in [1.82, 2.24) is 9.97 Å². The van der Waals surface area contributed by atoms with Gasteiger partial charge in [0, 0.05) is 34.7 Å². The third-order valence-electron chi connectivity index (χ3n) is 7.61. The first-order valence-corrected chi connectivity index (χ1v) is 12.5. The van der Waals surface area contributed by atoms with E-state index in [2.05, 4.69) is 34.6 Å². The third-order valence-corrected chi connectivity index (χ3v) is 7.61. The number of carbonyl (C=O) groups excluding carboxylic acids is 2. The van der Waals surface area contributed by atoms with E-state index in [0.29, 0.717) is 16.8 Å². The summed E-state index contributed by atoms with van der Waals surface area (Å²) >= 11 is 0. The molecule has 6 aromatic rings. The minimum absolute atomic E-state index is 0.301. The number of imide groups is 1. The topological polar surface area (TPSA) is 78.1 Å². The molecule has 0 saturated carbocycles. The Morgan fingerprint density at radius 3 is 2.21 bits per heavy atom. The average molecular weight is 493 g/mol. The Bertz CT molecular complexity index is 2000. The standard InChI is InChI=1S/C32H20N4O2/c37-31-24-10-4-5-11-25(24)32(38)36(31)20-13-14-22-21-8-2-3-9-23(21)28-29(26(22)16-20)35-30(34-28)19-15-18-7-1-6-12-27(18)33-17-19/h1-14,16-17,33H,15H2,(H,34,35). The number of nitrogens with one attached hydrogen (secondary N) is 2. The molecule has 0 aliphatic carbocycles. The van der Waals surface area contributed by atoms with Crippen LogP contribution in [0.3, 0.4) is 0 Å². The molecule has 0 radical (unpaired) electrons. The van der Waals surface area contributed by atoms with Crippen LogP contribution in [0.2, 0.25) is 0 Å². The van der Waals surface area contributed by atoms with Crippen molar-refractivity contribution in [3.05, 3.63) is 120 Å². The molecule has 2 aliphatic rings. The summed E-state index contributed by atoms with van der Waals surface area (Å²) in [5.41, 5.74) is 6.54. The number of H-pyrrole nitrogens is 1. The number of hydrogen-bond donors (Lipinski definition) is 2. The summed E-state index contributed by atoms with van der Waals surface area (Å²) in [5.74, 6) is 0.194. The van der Waals surface area contributed by atoms with Gasteiger partial charge in [-0.3, -0.25) is 9.59 Å². The lowest BCUT2D eigenvalue weighted by Gasteiger charge is -2.16. The van der Waals surface area contributed by atoms with Crippen LogP contribution in [-0.2, 0) is 6.42 Å². The van der Waals surface area contributed by atoms with E-state index < -0.39 is 0 Å². The Balaban J connectivity index is 1.33. The second kappa shape index (κ2) is 7.63. The number of carbonyl (C=O) groups is 2. The zero-order valence-electron chi connectivity index (χ0n) is 20.2. The molecule has 3 heterocycles. The summed E-state index contributed by atoms with van der Waals surface area (Å²) in [5, 5.41) is 7.46. The molecule has 0 spiro atoms. The minimum Gasteiger partial charge on any atom is -0.361 e. The van der Waals surface area contributed by atoms with Gasteiger partial charge in [0.1, 0.15) is 5.82 Å². The maximum Gasteiger partial charge on any atom is 0.266 e. The van der Waals surface area contributed by atoms with E-state index in [1.54, 1.807) is 24.3 Å². The van der Waals surface area contributed by atoms with E-state index in [-0.39, 0.29) is 11.8 Å². The van der Waals surface area contributed by atoms with Crippen LogP contribution in [0.25, 0.3) is 38.2 Å². The Kier molecular flexibility index (Phi) is 4.20. The van der Waals surface area contributed by atoms with E-state index in [1.807, 2.05) is 48.7 Å². The van der Waals surface area contributed by atoms with Crippen LogP contribution in [0.5, 0.6) is 0 Å². The zero-order chi connectivity index (χ0) is 25.4. The van der Waals surface area contributed by atoms with E-state index in [4.69, 9.17) is 4.98 Å². The molecule has 2 aliphatic heterocycles. The van der Waals surface area contributed by atoms with Gasteiger partial charge in [0.2, 0.25) is 0 Å². The number of fused-ring (bicyclic) bond motifs is 8. The van der Waals surface area contributed by atoms with Crippen molar-refractivity contribution in [3.8, 4) is 0 Å². The number of amides is 2. The van der Waals surface area contributed by atoms with Crippen molar-refractivity contribution < 1.29 is 9.59 Å². The van der Waals surface area contributed by atoms with Gasteiger partial charge in [-0.05, 0) is 46.7 Å². The summed E-state index contributed by atoms with van der Waals surface area (Å²) in [4.78, 5) is 36.3. The van der Waals surface area contributed by atoms with E-state index in [9.17, 15) is 9.59 Å². The molecule has 0 unspecified atom stereocenters. The highest BCUT2D eigenvalue weighted by Gasteiger charge is 2.36. The van der Waals surface area contributed by atoms with Crippen molar-refractivity contribution >= 4 is 61.3 Å². The van der Waals surface area contributed by atoms with Gasteiger partial charge in [0.15, 0.2) is 0 Å². The predicted molar refractivity (Wildman–Crippen MR) is 150 cm³/mol. The van der Waals surface area contributed by atoms with Crippen LogP contribution >= 0.6 is 0 Å². The van der Waals surface area contributed by atoms with E-state index >= 15 is 0 Å². The predicted octanol–water partition coefficient (Wildman–Crippen LogP) is 6.68. The van der Waals surface area contributed by atoms with Crippen molar-refractivity contribution in [3.63, 3.8) is 0 Å². The maximum atomic E-state index is 13.2. The lowest BCUT2D eigenvalue weighted by molar-refractivity contribution is 0.0926. The fraction of sp³-hybridized carbons (Fsp3) is 0.0312. The molecule has 8 rings (SSSR count). The monoisotopic (exact) mass is 492 g/mol. The van der Waals surface area contributed by atoms with Gasteiger partial charge in [-0.2, -0.15) is 0 Å². The van der Waals surface area contributed by atoms with Crippen LogP contribution in [0.4, 0.5) is 11.4 Å². The first kappa shape index (κ1) is 20.9. The normalized spacial score (nSPS) is 14.6. The van der Waals surface area contributed by atoms with Crippen LogP contribution < -0.4 is 10.2 Å². The number of anilines is 2. The lowest BCUT2D eigenvalue weighted by Crippen LogP contribution is -2.29.